The Morgan fingerprint density at radius 3 is 2.51 bits per heavy atom. The third-order valence-electron chi connectivity index (χ3n) is 8.74. The molecule has 1 fully saturated rings. The number of para-hydroxylation sites is 2. The quantitative estimate of drug-likeness (QED) is 0.344. The SMILES string of the molecule is COc1cccc(C(=O)C2C(C(=O)c3cccnc3)C3(C(=O)Nc4ccccc43)C3C=C(C)c4ccccc4N23)c1. The van der Waals surface area contributed by atoms with Crippen LogP contribution in [0.3, 0.4) is 0 Å². The van der Waals surface area contributed by atoms with E-state index in [1.54, 1.807) is 49.7 Å². The van der Waals surface area contributed by atoms with Gasteiger partial charge >= 0.3 is 0 Å². The molecule has 4 aromatic rings. The second-order valence-electron chi connectivity index (χ2n) is 10.7. The average molecular weight is 542 g/mol. The van der Waals surface area contributed by atoms with Crippen LogP contribution in [0.1, 0.15) is 38.8 Å². The second kappa shape index (κ2) is 9.27. The summed E-state index contributed by atoms with van der Waals surface area (Å²) in [5.41, 5.74) is 3.53. The number of aromatic nitrogens is 1. The van der Waals surface area contributed by atoms with Crippen molar-refractivity contribution in [3.05, 3.63) is 126 Å². The molecule has 3 aliphatic rings. The Balaban J connectivity index is 1.55. The highest BCUT2D eigenvalue weighted by Gasteiger charge is 2.70. The smallest absolute Gasteiger partial charge is 0.238 e. The van der Waals surface area contributed by atoms with Crippen molar-refractivity contribution in [3.8, 4) is 5.75 Å². The number of fused-ring (bicyclic) bond motifs is 6. The number of nitrogens with zero attached hydrogens (tertiary/aromatic N) is 2. The highest BCUT2D eigenvalue weighted by atomic mass is 16.5. The van der Waals surface area contributed by atoms with Crippen molar-refractivity contribution in [1.82, 2.24) is 4.98 Å². The first-order valence-electron chi connectivity index (χ1n) is 13.6. The normalized spacial score (nSPS) is 23.8. The van der Waals surface area contributed by atoms with Crippen molar-refractivity contribution in [2.75, 3.05) is 17.3 Å². The van der Waals surface area contributed by atoms with Crippen molar-refractivity contribution in [3.63, 3.8) is 0 Å². The molecule has 0 radical (unpaired) electrons. The lowest BCUT2D eigenvalue weighted by atomic mass is 9.64. The van der Waals surface area contributed by atoms with Crippen LogP contribution in [0, 0.1) is 5.92 Å². The van der Waals surface area contributed by atoms with Crippen molar-refractivity contribution in [1.29, 1.82) is 0 Å². The Morgan fingerprint density at radius 2 is 1.71 bits per heavy atom. The van der Waals surface area contributed by atoms with Gasteiger partial charge in [-0.3, -0.25) is 19.4 Å². The molecule has 1 spiro atoms. The van der Waals surface area contributed by atoms with Gasteiger partial charge in [0.15, 0.2) is 11.6 Å². The molecule has 1 saturated heterocycles. The monoisotopic (exact) mass is 541 g/mol. The molecular weight excluding hydrogens is 514 g/mol. The predicted molar refractivity (Wildman–Crippen MR) is 156 cm³/mol. The Bertz CT molecular complexity index is 1760. The van der Waals surface area contributed by atoms with Crippen LogP contribution >= 0.6 is 0 Å². The number of ketones is 2. The molecule has 7 rings (SSSR count). The molecule has 4 heterocycles. The van der Waals surface area contributed by atoms with Gasteiger partial charge in [0.1, 0.15) is 17.2 Å². The largest absolute Gasteiger partial charge is 0.497 e. The molecule has 0 bridgehead atoms. The number of benzene rings is 3. The van der Waals surface area contributed by atoms with E-state index in [0.29, 0.717) is 28.1 Å². The standard InChI is InChI=1S/C34H27N3O4/c1-20-17-28-34(25-13-4-5-14-26(25)36-33(34)40)29(31(38)22-10-8-16-35-19-22)30(37(28)27-15-6-3-12-24(20)27)32(39)21-9-7-11-23(18-21)41-2/h3-19,28-30H,1-2H3,(H,36,40). The summed E-state index contributed by atoms with van der Waals surface area (Å²) < 4.78 is 5.43. The van der Waals surface area contributed by atoms with Crippen molar-refractivity contribution >= 4 is 34.4 Å². The van der Waals surface area contributed by atoms with E-state index >= 15 is 0 Å². The number of carbonyl (C=O) groups excluding carboxylic acids is 3. The average Bonchev–Trinajstić information content (AvgIpc) is 3.49. The summed E-state index contributed by atoms with van der Waals surface area (Å²) in [6, 6.07) is 24.1. The van der Waals surface area contributed by atoms with E-state index in [0.717, 1.165) is 16.8 Å². The summed E-state index contributed by atoms with van der Waals surface area (Å²) in [5, 5.41) is 3.06. The van der Waals surface area contributed by atoms with Crippen LogP contribution in [0.25, 0.3) is 5.57 Å². The molecular formula is C34H27N3O4. The Morgan fingerprint density at radius 1 is 0.927 bits per heavy atom. The lowest BCUT2D eigenvalue weighted by Crippen LogP contribution is -2.51. The van der Waals surface area contributed by atoms with Gasteiger partial charge in [0.25, 0.3) is 0 Å². The first kappa shape index (κ1) is 25.0. The number of pyridine rings is 1. The van der Waals surface area contributed by atoms with Gasteiger partial charge < -0.3 is 15.0 Å². The Labute approximate surface area is 237 Å². The van der Waals surface area contributed by atoms with Crippen LogP contribution in [-0.4, -0.2) is 41.7 Å². The highest BCUT2D eigenvalue weighted by molar-refractivity contribution is 6.18. The minimum Gasteiger partial charge on any atom is -0.497 e. The van der Waals surface area contributed by atoms with Crippen LogP contribution in [0.15, 0.2) is 103 Å². The van der Waals surface area contributed by atoms with Gasteiger partial charge in [-0.1, -0.05) is 54.6 Å². The van der Waals surface area contributed by atoms with Gasteiger partial charge in [0.05, 0.1) is 19.1 Å². The molecule has 3 aliphatic heterocycles. The number of methoxy groups -OCH3 is 1. The fourth-order valence-electron chi connectivity index (χ4n) is 7.02. The number of amides is 1. The summed E-state index contributed by atoms with van der Waals surface area (Å²) >= 11 is 0. The first-order valence-corrected chi connectivity index (χ1v) is 13.6. The summed E-state index contributed by atoms with van der Waals surface area (Å²) in [5.74, 6) is -1.36. The molecule has 7 heteroatoms. The van der Waals surface area contributed by atoms with Gasteiger partial charge in [-0.2, -0.15) is 0 Å². The number of allylic oxidation sites excluding steroid dienone is 1. The van der Waals surface area contributed by atoms with E-state index in [9.17, 15) is 14.4 Å². The number of nitrogens with one attached hydrogen (secondary N) is 1. The minimum atomic E-state index is -1.36. The summed E-state index contributed by atoms with van der Waals surface area (Å²) in [6.45, 7) is 2.01. The zero-order valence-electron chi connectivity index (χ0n) is 22.6. The zero-order chi connectivity index (χ0) is 28.3. The van der Waals surface area contributed by atoms with E-state index in [4.69, 9.17) is 4.74 Å². The lowest BCUT2D eigenvalue weighted by molar-refractivity contribution is -0.121. The van der Waals surface area contributed by atoms with E-state index in [1.165, 1.54) is 6.20 Å². The Hall–Kier alpha value is -5.04. The van der Waals surface area contributed by atoms with Crippen molar-refractivity contribution in [2.45, 2.75) is 24.4 Å². The molecule has 7 nitrogen and oxygen atoms in total. The molecule has 202 valence electrons. The number of anilines is 2. The fraction of sp³-hybridized carbons (Fsp3) is 0.176. The van der Waals surface area contributed by atoms with Crippen LogP contribution in [0.2, 0.25) is 0 Å². The number of ether oxygens (including phenoxy) is 1. The number of Topliss-reactive ketones (excluding diaryl/α,β-unsaturated/α-hetero) is 2. The van der Waals surface area contributed by atoms with E-state index in [1.807, 2.05) is 66.4 Å². The van der Waals surface area contributed by atoms with Gasteiger partial charge in [-0.05, 0) is 54.5 Å². The van der Waals surface area contributed by atoms with Gasteiger partial charge in [-0.15, -0.1) is 0 Å². The maximum absolute atomic E-state index is 14.7. The van der Waals surface area contributed by atoms with Crippen molar-refractivity contribution < 1.29 is 19.1 Å². The van der Waals surface area contributed by atoms with Gasteiger partial charge in [0, 0.05) is 40.5 Å². The first-order chi connectivity index (χ1) is 20.0. The van der Waals surface area contributed by atoms with E-state index in [2.05, 4.69) is 10.3 Å². The molecule has 41 heavy (non-hydrogen) atoms. The second-order valence-corrected chi connectivity index (χ2v) is 10.7. The molecule has 3 aromatic carbocycles. The third-order valence-corrected chi connectivity index (χ3v) is 8.74. The Kier molecular flexibility index (Phi) is 5.64. The minimum absolute atomic E-state index is 0.257. The molecule has 1 N–H and O–H groups in total. The highest BCUT2D eigenvalue weighted by Crippen LogP contribution is 2.58. The molecule has 4 atom stereocenters. The van der Waals surface area contributed by atoms with Crippen LogP contribution < -0.4 is 15.0 Å². The van der Waals surface area contributed by atoms with Crippen LogP contribution in [-0.2, 0) is 10.2 Å². The van der Waals surface area contributed by atoms with Crippen molar-refractivity contribution in [2.24, 2.45) is 5.92 Å². The van der Waals surface area contributed by atoms with Crippen LogP contribution in [0.4, 0.5) is 11.4 Å². The lowest BCUT2D eigenvalue weighted by Gasteiger charge is -2.39. The fourth-order valence-corrected chi connectivity index (χ4v) is 7.02. The van der Waals surface area contributed by atoms with Gasteiger partial charge in [-0.25, -0.2) is 0 Å². The zero-order valence-corrected chi connectivity index (χ0v) is 22.6. The maximum atomic E-state index is 14.7. The number of hydrogen-bond acceptors (Lipinski definition) is 6. The molecule has 1 amide bonds. The topological polar surface area (TPSA) is 88.6 Å². The third kappa shape index (κ3) is 3.45. The van der Waals surface area contributed by atoms with Gasteiger partial charge in [0.2, 0.25) is 5.91 Å². The van der Waals surface area contributed by atoms with E-state index < -0.39 is 23.4 Å². The number of carbonyl (C=O) groups is 3. The number of rotatable bonds is 5. The number of hydrogen-bond donors (Lipinski definition) is 1. The van der Waals surface area contributed by atoms with Crippen LogP contribution in [0.5, 0.6) is 5.75 Å². The summed E-state index contributed by atoms with van der Waals surface area (Å²) in [6.07, 6.45) is 5.16. The molecule has 1 aromatic heterocycles. The molecule has 0 saturated carbocycles. The van der Waals surface area contributed by atoms with E-state index in [-0.39, 0.29) is 17.5 Å². The molecule has 4 unspecified atom stereocenters. The summed E-state index contributed by atoms with van der Waals surface area (Å²) in [7, 11) is 1.55. The maximum Gasteiger partial charge on any atom is 0.238 e. The summed E-state index contributed by atoms with van der Waals surface area (Å²) in [4.78, 5) is 50.1. The predicted octanol–water partition coefficient (Wildman–Crippen LogP) is 5.34. The molecule has 0 aliphatic carbocycles.